The van der Waals surface area contributed by atoms with Crippen molar-refractivity contribution in [3.05, 3.63) is 29.7 Å². The van der Waals surface area contributed by atoms with Gasteiger partial charge in [-0.25, -0.2) is 9.78 Å². The maximum Gasteiger partial charge on any atom is 0.335 e. The van der Waals surface area contributed by atoms with Crippen LogP contribution in [0.25, 0.3) is 11.1 Å². The van der Waals surface area contributed by atoms with Crippen molar-refractivity contribution in [3.8, 4) is 0 Å². The monoisotopic (exact) mass is 237 g/mol. The molecule has 2 atom stereocenters. The number of hydrogen-bond donors (Lipinski definition) is 3. The minimum absolute atomic E-state index is 0.267. The van der Waals surface area contributed by atoms with Gasteiger partial charge in [-0.1, -0.05) is 6.07 Å². The molecule has 0 radical (unpaired) electrons. The van der Waals surface area contributed by atoms with Crippen LogP contribution in [0.15, 0.2) is 22.6 Å². The van der Waals surface area contributed by atoms with Crippen molar-refractivity contribution in [1.29, 1.82) is 0 Å². The lowest BCUT2D eigenvalue weighted by Crippen LogP contribution is -2.27. The van der Waals surface area contributed by atoms with Crippen molar-refractivity contribution in [2.75, 3.05) is 0 Å². The van der Waals surface area contributed by atoms with Crippen LogP contribution in [0.5, 0.6) is 0 Å². The Morgan fingerprint density at radius 2 is 2.12 bits per heavy atom. The van der Waals surface area contributed by atoms with Crippen LogP contribution < -0.4 is 0 Å². The van der Waals surface area contributed by atoms with Gasteiger partial charge >= 0.3 is 5.97 Å². The number of aryl methyl sites for hydroxylation is 1. The molecule has 2 aromatic rings. The number of aliphatic hydroxyl groups excluding tert-OH is 2. The second kappa shape index (κ2) is 4.15. The van der Waals surface area contributed by atoms with E-state index < -0.39 is 18.2 Å². The third-order valence-electron chi connectivity index (χ3n) is 2.41. The SMILES string of the molecule is Cc1nc2ccc(C(O)C(O)C(=O)O)cc2o1. The standard InChI is InChI=1S/C11H11NO5/c1-5-12-7-3-2-6(4-8(7)17-5)9(13)10(14)11(15)16/h2-4,9-10,13-14H,1H3,(H,15,16). The fraction of sp³-hybridized carbons (Fsp3) is 0.273. The third kappa shape index (κ3) is 2.13. The summed E-state index contributed by atoms with van der Waals surface area (Å²) in [4.78, 5) is 14.6. The first-order valence-electron chi connectivity index (χ1n) is 4.95. The molecular weight excluding hydrogens is 226 g/mol. The van der Waals surface area contributed by atoms with E-state index in [0.717, 1.165) is 0 Å². The first-order chi connectivity index (χ1) is 7.99. The fourth-order valence-corrected chi connectivity index (χ4v) is 1.56. The molecule has 1 aromatic carbocycles. The Morgan fingerprint density at radius 1 is 1.41 bits per heavy atom. The first-order valence-corrected chi connectivity index (χ1v) is 4.95. The summed E-state index contributed by atoms with van der Waals surface area (Å²) in [6.45, 7) is 1.68. The van der Waals surface area contributed by atoms with E-state index in [1.54, 1.807) is 13.0 Å². The van der Waals surface area contributed by atoms with Crippen LogP contribution in [0.2, 0.25) is 0 Å². The van der Waals surface area contributed by atoms with Gasteiger partial charge in [-0.15, -0.1) is 0 Å². The van der Waals surface area contributed by atoms with E-state index in [4.69, 9.17) is 9.52 Å². The number of aliphatic carboxylic acids is 1. The summed E-state index contributed by atoms with van der Waals surface area (Å²) >= 11 is 0. The Morgan fingerprint density at radius 3 is 2.76 bits per heavy atom. The maximum absolute atomic E-state index is 10.5. The van der Waals surface area contributed by atoms with E-state index in [2.05, 4.69) is 4.98 Å². The number of rotatable bonds is 3. The van der Waals surface area contributed by atoms with Crippen molar-refractivity contribution in [2.24, 2.45) is 0 Å². The lowest BCUT2D eigenvalue weighted by molar-refractivity contribution is -0.153. The number of benzene rings is 1. The molecule has 0 saturated carbocycles. The van der Waals surface area contributed by atoms with Crippen molar-refractivity contribution < 1.29 is 24.5 Å². The van der Waals surface area contributed by atoms with Gasteiger partial charge in [0.2, 0.25) is 0 Å². The average molecular weight is 237 g/mol. The molecule has 0 bridgehead atoms. The molecule has 1 aromatic heterocycles. The molecular formula is C11H11NO5. The van der Waals surface area contributed by atoms with Gasteiger partial charge in [-0.05, 0) is 17.7 Å². The lowest BCUT2D eigenvalue weighted by Gasteiger charge is -2.13. The summed E-state index contributed by atoms with van der Waals surface area (Å²) < 4.78 is 5.25. The molecule has 0 spiro atoms. The zero-order valence-electron chi connectivity index (χ0n) is 8.99. The molecule has 0 aliphatic rings. The van der Waals surface area contributed by atoms with Gasteiger partial charge in [0, 0.05) is 6.92 Å². The van der Waals surface area contributed by atoms with E-state index in [1.807, 2.05) is 0 Å². The zero-order chi connectivity index (χ0) is 12.6. The number of nitrogens with zero attached hydrogens (tertiary/aromatic N) is 1. The van der Waals surface area contributed by atoms with Gasteiger partial charge in [0.1, 0.15) is 11.6 Å². The second-order valence-electron chi connectivity index (χ2n) is 3.69. The average Bonchev–Trinajstić information content (AvgIpc) is 2.65. The molecule has 90 valence electrons. The van der Waals surface area contributed by atoms with E-state index in [9.17, 15) is 15.0 Å². The summed E-state index contributed by atoms with van der Waals surface area (Å²) in [6.07, 6.45) is -3.36. The minimum Gasteiger partial charge on any atom is -0.479 e. The van der Waals surface area contributed by atoms with E-state index >= 15 is 0 Å². The molecule has 0 fully saturated rings. The fourth-order valence-electron chi connectivity index (χ4n) is 1.56. The third-order valence-corrected chi connectivity index (χ3v) is 2.41. The summed E-state index contributed by atoms with van der Waals surface area (Å²) in [6, 6.07) is 4.56. The van der Waals surface area contributed by atoms with Crippen LogP contribution in [0, 0.1) is 6.92 Å². The Bertz CT molecular complexity index is 562. The normalized spacial score (nSPS) is 14.8. The Hall–Kier alpha value is -1.92. The number of fused-ring (bicyclic) bond motifs is 1. The summed E-state index contributed by atoms with van der Waals surface area (Å²) in [5.41, 5.74) is 1.32. The largest absolute Gasteiger partial charge is 0.479 e. The smallest absolute Gasteiger partial charge is 0.335 e. The van der Waals surface area contributed by atoms with Gasteiger partial charge in [0.05, 0.1) is 0 Å². The van der Waals surface area contributed by atoms with Crippen LogP contribution in [-0.2, 0) is 4.79 Å². The van der Waals surface area contributed by atoms with Gasteiger partial charge in [-0.2, -0.15) is 0 Å². The van der Waals surface area contributed by atoms with Crippen molar-refractivity contribution in [1.82, 2.24) is 4.98 Å². The van der Waals surface area contributed by atoms with Crippen LogP contribution >= 0.6 is 0 Å². The first kappa shape index (κ1) is 11.6. The summed E-state index contributed by atoms with van der Waals surface area (Å²) in [7, 11) is 0. The van der Waals surface area contributed by atoms with Crippen LogP contribution in [-0.4, -0.2) is 32.4 Å². The highest BCUT2D eigenvalue weighted by Crippen LogP contribution is 2.23. The van der Waals surface area contributed by atoms with E-state index in [-0.39, 0.29) is 5.56 Å². The molecule has 17 heavy (non-hydrogen) atoms. The molecule has 0 amide bonds. The molecule has 6 nitrogen and oxygen atoms in total. The van der Waals surface area contributed by atoms with Gasteiger partial charge in [0.25, 0.3) is 0 Å². The number of carboxylic acids is 1. The van der Waals surface area contributed by atoms with E-state index in [1.165, 1.54) is 12.1 Å². The quantitative estimate of drug-likeness (QED) is 0.722. The van der Waals surface area contributed by atoms with Gasteiger partial charge in [-0.3, -0.25) is 0 Å². The summed E-state index contributed by atoms with van der Waals surface area (Å²) in [5.74, 6) is -1.00. The molecule has 6 heteroatoms. The molecule has 1 heterocycles. The van der Waals surface area contributed by atoms with E-state index in [0.29, 0.717) is 17.0 Å². The minimum atomic E-state index is -1.86. The molecule has 0 aliphatic heterocycles. The highest BCUT2D eigenvalue weighted by atomic mass is 16.4. The van der Waals surface area contributed by atoms with Crippen molar-refractivity contribution >= 4 is 17.1 Å². The molecule has 2 rings (SSSR count). The van der Waals surface area contributed by atoms with Crippen LogP contribution in [0.4, 0.5) is 0 Å². The predicted molar refractivity (Wildman–Crippen MR) is 57.3 cm³/mol. The van der Waals surface area contributed by atoms with Gasteiger partial charge in [0.15, 0.2) is 17.6 Å². The van der Waals surface area contributed by atoms with Crippen LogP contribution in [0.3, 0.4) is 0 Å². The number of oxazole rings is 1. The highest BCUT2D eigenvalue weighted by molar-refractivity contribution is 5.75. The number of carboxylic acid groups (broad SMARTS) is 1. The zero-order valence-corrected chi connectivity index (χ0v) is 8.99. The number of aliphatic hydroxyl groups is 2. The second-order valence-corrected chi connectivity index (χ2v) is 3.69. The van der Waals surface area contributed by atoms with Gasteiger partial charge < -0.3 is 19.7 Å². The molecule has 2 unspecified atom stereocenters. The maximum atomic E-state index is 10.5. The van der Waals surface area contributed by atoms with Crippen LogP contribution in [0.1, 0.15) is 17.6 Å². The summed E-state index contributed by atoms with van der Waals surface area (Å²) in [5, 5.41) is 27.4. The number of hydrogen-bond acceptors (Lipinski definition) is 5. The Labute approximate surface area is 96.1 Å². The Kier molecular flexibility index (Phi) is 2.83. The molecule has 0 aliphatic carbocycles. The molecule has 0 saturated heterocycles. The number of aromatic nitrogens is 1. The van der Waals surface area contributed by atoms with Crippen molar-refractivity contribution in [3.63, 3.8) is 0 Å². The van der Waals surface area contributed by atoms with Crippen molar-refractivity contribution in [2.45, 2.75) is 19.1 Å². The Balaban J connectivity index is 2.38. The number of carbonyl (C=O) groups is 1. The molecule has 3 N–H and O–H groups in total. The highest BCUT2D eigenvalue weighted by Gasteiger charge is 2.25. The predicted octanol–water partition coefficient (Wildman–Crippen LogP) is 0.615. The topological polar surface area (TPSA) is 104 Å². The lowest BCUT2D eigenvalue weighted by atomic mass is 10.0.